The van der Waals surface area contributed by atoms with Gasteiger partial charge in [-0.15, -0.1) is 0 Å². The number of likely N-dealkylation sites (N-methyl/N-ethyl adjacent to an activating group) is 2. The molecule has 1 aliphatic heterocycles. The van der Waals surface area contributed by atoms with E-state index in [1.807, 2.05) is 13.1 Å². The van der Waals surface area contributed by atoms with Crippen LogP contribution in [0.4, 0.5) is 0 Å². The Morgan fingerprint density at radius 3 is 3.00 bits per heavy atom. The number of nitrogens with one attached hydrogen (secondary N) is 1. The highest BCUT2D eigenvalue weighted by molar-refractivity contribution is 5.28. The van der Waals surface area contributed by atoms with Crippen molar-refractivity contribution in [1.29, 1.82) is 0 Å². The molecule has 1 N–H and O–H groups in total. The van der Waals surface area contributed by atoms with Gasteiger partial charge in [-0.25, -0.2) is 0 Å². The van der Waals surface area contributed by atoms with E-state index in [0.29, 0.717) is 6.04 Å². The average Bonchev–Trinajstić information content (AvgIpc) is 2.85. The summed E-state index contributed by atoms with van der Waals surface area (Å²) in [6.45, 7) is 4.98. The van der Waals surface area contributed by atoms with Crippen molar-refractivity contribution in [2.75, 3.05) is 47.4 Å². The van der Waals surface area contributed by atoms with Crippen LogP contribution in [0.5, 0.6) is 5.75 Å². The molecule has 1 fully saturated rings. The van der Waals surface area contributed by atoms with Crippen LogP contribution in [-0.2, 0) is 6.54 Å². The zero-order valence-electron chi connectivity index (χ0n) is 13.6. The zero-order chi connectivity index (χ0) is 15.1. The molecule has 1 atom stereocenters. The highest BCUT2D eigenvalue weighted by atomic mass is 16.5. The van der Waals surface area contributed by atoms with E-state index < -0.39 is 0 Å². The fourth-order valence-electron chi connectivity index (χ4n) is 2.93. The van der Waals surface area contributed by atoms with Crippen LogP contribution in [0.1, 0.15) is 18.4 Å². The molecule has 0 aromatic heterocycles. The second-order valence-electron chi connectivity index (χ2n) is 6.07. The topological polar surface area (TPSA) is 27.7 Å². The highest BCUT2D eigenvalue weighted by Gasteiger charge is 2.21. The molecule has 1 unspecified atom stereocenters. The summed E-state index contributed by atoms with van der Waals surface area (Å²) in [5, 5.41) is 3.16. The Morgan fingerprint density at radius 2 is 2.29 bits per heavy atom. The monoisotopic (exact) mass is 291 g/mol. The quantitative estimate of drug-likeness (QED) is 0.790. The standard InChI is InChI=1S/C17H29N3O/c1-18-13-15-6-4-8-17(12-15)21-11-10-19(2)14-16-7-5-9-20(16)3/h4,6,8,12,16,18H,5,7,9-11,13-14H2,1-3H3. The molecule has 1 heterocycles. The largest absolute Gasteiger partial charge is 0.492 e. The van der Waals surface area contributed by atoms with Gasteiger partial charge in [0.1, 0.15) is 12.4 Å². The van der Waals surface area contributed by atoms with E-state index in [2.05, 4.69) is 47.4 Å². The minimum atomic E-state index is 0.717. The SMILES string of the molecule is CNCc1cccc(OCCN(C)CC2CCCN2C)c1. The molecule has 0 amide bonds. The average molecular weight is 291 g/mol. The molecular formula is C17H29N3O. The third-order valence-electron chi connectivity index (χ3n) is 4.22. The normalized spacial score (nSPS) is 19.3. The number of hydrogen-bond acceptors (Lipinski definition) is 4. The molecule has 1 saturated heterocycles. The first-order valence-corrected chi connectivity index (χ1v) is 7.94. The Hall–Kier alpha value is -1.10. The summed E-state index contributed by atoms with van der Waals surface area (Å²) in [5.41, 5.74) is 1.26. The third-order valence-corrected chi connectivity index (χ3v) is 4.22. The summed E-state index contributed by atoms with van der Waals surface area (Å²) in [6, 6.07) is 9.03. The van der Waals surface area contributed by atoms with E-state index in [9.17, 15) is 0 Å². The maximum Gasteiger partial charge on any atom is 0.119 e. The van der Waals surface area contributed by atoms with Gasteiger partial charge in [0, 0.05) is 25.7 Å². The maximum absolute atomic E-state index is 5.87. The first-order chi connectivity index (χ1) is 10.2. The number of hydrogen-bond donors (Lipinski definition) is 1. The summed E-state index contributed by atoms with van der Waals surface area (Å²) in [7, 11) is 6.38. The predicted molar refractivity (Wildman–Crippen MR) is 87.8 cm³/mol. The van der Waals surface area contributed by atoms with E-state index in [0.717, 1.165) is 32.0 Å². The Kier molecular flexibility index (Phi) is 6.49. The molecule has 4 heteroatoms. The van der Waals surface area contributed by atoms with E-state index >= 15 is 0 Å². The third kappa shape index (κ3) is 5.30. The van der Waals surface area contributed by atoms with Gasteiger partial charge in [0.2, 0.25) is 0 Å². The lowest BCUT2D eigenvalue weighted by molar-refractivity contribution is 0.189. The molecule has 118 valence electrons. The Balaban J connectivity index is 1.69. The van der Waals surface area contributed by atoms with Gasteiger partial charge in [-0.1, -0.05) is 12.1 Å². The van der Waals surface area contributed by atoms with Gasteiger partial charge in [0.05, 0.1) is 0 Å². The lowest BCUT2D eigenvalue weighted by atomic mass is 10.2. The summed E-state index contributed by atoms with van der Waals surface area (Å²) >= 11 is 0. The van der Waals surface area contributed by atoms with E-state index in [1.165, 1.54) is 24.9 Å². The lowest BCUT2D eigenvalue weighted by Crippen LogP contribution is -2.38. The van der Waals surface area contributed by atoms with Crippen LogP contribution in [0.3, 0.4) is 0 Å². The molecule has 1 aromatic rings. The zero-order valence-corrected chi connectivity index (χ0v) is 13.6. The summed E-state index contributed by atoms with van der Waals surface area (Å²) < 4.78 is 5.87. The minimum Gasteiger partial charge on any atom is -0.492 e. The number of benzene rings is 1. The van der Waals surface area contributed by atoms with Crippen molar-refractivity contribution in [3.8, 4) is 5.75 Å². The smallest absolute Gasteiger partial charge is 0.119 e. The van der Waals surface area contributed by atoms with Crippen LogP contribution in [0.15, 0.2) is 24.3 Å². The van der Waals surface area contributed by atoms with Gasteiger partial charge < -0.3 is 19.9 Å². The van der Waals surface area contributed by atoms with Crippen LogP contribution < -0.4 is 10.1 Å². The van der Waals surface area contributed by atoms with Crippen molar-refractivity contribution in [2.45, 2.75) is 25.4 Å². The molecule has 4 nitrogen and oxygen atoms in total. The second kappa shape index (κ2) is 8.37. The molecule has 0 bridgehead atoms. The number of ether oxygens (including phenoxy) is 1. The first-order valence-electron chi connectivity index (χ1n) is 7.94. The summed E-state index contributed by atoms with van der Waals surface area (Å²) in [4.78, 5) is 4.85. The lowest BCUT2D eigenvalue weighted by Gasteiger charge is -2.25. The van der Waals surface area contributed by atoms with Gasteiger partial charge in [0.25, 0.3) is 0 Å². The van der Waals surface area contributed by atoms with Crippen LogP contribution >= 0.6 is 0 Å². The van der Waals surface area contributed by atoms with Crippen molar-refractivity contribution in [2.24, 2.45) is 0 Å². The molecule has 2 rings (SSSR count). The highest BCUT2D eigenvalue weighted by Crippen LogP contribution is 2.16. The molecule has 0 spiro atoms. The minimum absolute atomic E-state index is 0.717. The van der Waals surface area contributed by atoms with Crippen molar-refractivity contribution in [3.05, 3.63) is 29.8 Å². The van der Waals surface area contributed by atoms with Crippen LogP contribution in [0.25, 0.3) is 0 Å². The molecule has 1 aromatic carbocycles. The number of rotatable bonds is 8. The van der Waals surface area contributed by atoms with Crippen molar-refractivity contribution in [1.82, 2.24) is 15.1 Å². The van der Waals surface area contributed by atoms with Crippen molar-refractivity contribution < 1.29 is 4.74 Å². The molecular weight excluding hydrogens is 262 g/mol. The van der Waals surface area contributed by atoms with Crippen LogP contribution in [-0.4, -0.2) is 63.2 Å². The number of nitrogens with zero attached hydrogens (tertiary/aromatic N) is 2. The Bertz CT molecular complexity index is 424. The first kappa shape index (κ1) is 16.3. The summed E-state index contributed by atoms with van der Waals surface area (Å²) in [5.74, 6) is 0.967. The van der Waals surface area contributed by atoms with E-state index in [1.54, 1.807) is 0 Å². The fraction of sp³-hybridized carbons (Fsp3) is 0.647. The summed E-state index contributed by atoms with van der Waals surface area (Å²) in [6.07, 6.45) is 2.66. The van der Waals surface area contributed by atoms with Crippen LogP contribution in [0, 0.1) is 0 Å². The van der Waals surface area contributed by atoms with Gasteiger partial charge in [-0.2, -0.15) is 0 Å². The maximum atomic E-state index is 5.87. The fourth-order valence-corrected chi connectivity index (χ4v) is 2.93. The number of likely N-dealkylation sites (tertiary alicyclic amines) is 1. The van der Waals surface area contributed by atoms with Gasteiger partial charge in [0.15, 0.2) is 0 Å². The Labute approximate surface area is 129 Å². The molecule has 0 saturated carbocycles. The second-order valence-corrected chi connectivity index (χ2v) is 6.07. The predicted octanol–water partition coefficient (Wildman–Crippen LogP) is 1.81. The van der Waals surface area contributed by atoms with Gasteiger partial charge in [-0.05, 0) is 58.2 Å². The molecule has 0 aliphatic carbocycles. The molecule has 1 aliphatic rings. The van der Waals surface area contributed by atoms with Crippen molar-refractivity contribution >= 4 is 0 Å². The van der Waals surface area contributed by atoms with Crippen LogP contribution in [0.2, 0.25) is 0 Å². The van der Waals surface area contributed by atoms with E-state index in [-0.39, 0.29) is 0 Å². The van der Waals surface area contributed by atoms with E-state index in [4.69, 9.17) is 4.74 Å². The molecule has 0 radical (unpaired) electrons. The Morgan fingerprint density at radius 1 is 1.43 bits per heavy atom. The van der Waals surface area contributed by atoms with Gasteiger partial charge in [-0.3, -0.25) is 0 Å². The molecule has 21 heavy (non-hydrogen) atoms. The van der Waals surface area contributed by atoms with Gasteiger partial charge >= 0.3 is 0 Å². The van der Waals surface area contributed by atoms with Crippen molar-refractivity contribution in [3.63, 3.8) is 0 Å².